The van der Waals surface area contributed by atoms with Crippen molar-refractivity contribution in [2.75, 3.05) is 19.8 Å². The third-order valence-corrected chi connectivity index (χ3v) is 3.98. The molecule has 1 saturated carbocycles. The summed E-state index contributed by atoms with van der Waals surface area (Å²) in [6.45, 7) is 6.03. The minimum Gasteiger partial charge on any atom is -0.379 e. The van der Waals surface area contributed by atoms with E-state index < -0.39 is 0 Å². The molecule has 4 heteroatoms. The lowest BCUT2D eigenvalue weighted by atomic mass is 9.62. The monoisotopic (exact) mass is 226 g/mol. The van der Waals surface area contributed by atoms with Crippen molar-refractivity contribution < 1.29 is 9.53 Å². The molecule has 0 aromatic rings. The van der Waals surface area contributed by atoms with Gasteiger partial charge in [0.15, 0.2) is 0 Å². The standard InChI is InChI=1S/C12H22N2O2/c1-9-5-12(6-9,7-13)10(15)14-11(2)3-4-16-8-11/h9H,3-8,13H2,1-2H3,(H,14,15). The fourth-order valence-electron chi connectivity index (χ4n) is 2.89. The van der Waals surface area contributed by atoms with Gasteiger partial charge in [-0.05, 0) is 32.1 Å². The first kappa shape index (κ1) is 11.9. The van der Waals surface area contributed by atoms with E-state index in [0.717, 1.165) is 25.9 Å². The number of carbonyl (C=O) groups is 1. The van der Waals surface area contributed by atoms with Crippen LogP contribution in [-0.4, -0.2) is 31.2 Å². The fraction of sp³-hybridized carbons (Fsp3) is 0.917. The number of hydrogen-bond donors (Lipinski definition) is 2. The van der Waals surface area contributed by atoms with Crippen LogP contribution in [0, 0.1) is 11.3 Å². The smallest absolute Gasteiger partial charge is 0.228 e. The summed E-state index contributed by atoms with van der Waals surface area (Å²) in [7, 11) is 0. The molecule has 2 fully saturated rings. The van der Waals surface area contributed by atoms with Crippen molar-refractivity contribution in [2.45, 2.75) is 38.6 Å². The molecule has 0 spiro atoms. The van der Waals surface area contributed by atoms with E-state index in [-0.39, 0.29) is 16.9 Å². The van der Waals surface area contributed by atoms with E-state index >= 15 is 0 Å². The Hall–Kier alpha value is -0.610. The van der Waals surface area contributed by atoms with Gasteiger partial charge in [-0.3, -0.25) is 4.79 Å². The summed E-state index contributed by atoms with van der Waals surface area (Å²) >= 11 is 0. The Kier molecular flexibility index (Phi) is 2.97. The first-order chi connectivity index (χ1) is 7.50. The zero-order valence-electron chi connectivity index (χ0n) is 10.2. The van der Waals surface area contributed by atoms with E-state index in [1.165, 1.54) is 0 Å². The normalized spacial score (nSPS) is 42.8. The lowest BCUT2D eigenvalue weighted by Crippen LogP contribution is -2.58. The van der Waals surface area contributed by atoms with Crippen LogP contribution in [0.5, 0.6) is 0 Å². The quantitative estimate of drug-likeness (QED) is 0.743. The molecule has 0 radical (unpaired) electrons. The maximum atomic E-state index is 12.2. The van der Waals surface area contributed by atoms with Crippen LogP contribution in [0.15, 0.2) is 0 Å². The van der Waals surface area contributed by atoms with Crippen LogP contribution in [-0.2, 0) is 9.53 Å². The Bertz CT molecular complexity index is 279. The highest BCUT2D eigenvalue weighted by Gasteiger charge is 2.49. The maximum Gasteiger partial charge on any atom is 0.228 e. The van der Waals surface area contributed by atoms with E-state index in [4.69, 9.17) is 10.5 Å². The molecule has 1 aliphatic heterocycles. The van der Waals surface area contributed by atoms with Gasteiger partial charge in [-0.15, -0.1) is 0 Å². The Morgan fingerprint density at radius 1 is 1.56 bits per heavy atom. The average molecular weight is 226 g/mol. The van der Waals surface area contributed by atoms with Gasteiger partial charge in [0.1, 0.15) is 0 Å². The second-order valence-electron chi connectivity index (χ2n) is 5.82. The van der Waals surface area contributed by atoms with Crippen LogP contribution < -0.4 is 11.1 Å². The molecular weight excluding hydrogens is 204 g/mol. The molecule has 2 aliphatic rings. The second-order valence-corrected chi connectivity index (χ2v) is 5.82. The fourth-order valence-corrected chi connectivity index (χ4v) is 2.89. The van der Waals surface area contributed by atoms with Gasteiger partial charge in [0.25, 0.3) is 0 Å². The summed E-state index contributed by atoms with van der Waals surface area (Å²) in [5.41, 5.74) is 5.27. The van der Waals surface area contributed by atoms with Gasteiger partial charge in [0, 0.05) is 13.2 Å². The molecular formula is C12H22N2O2. The summed E-state index contributed by atoms with van der Waals surface area (Å²) in [4.78, 5) is 12.2. The van der Waals surface area contributed by atoms with E-state index in [1.54, 1.807) is 0 Å². The highest BCUT2D eigenvalue weighted by Crippen LogP contribution is 2.45. The first-order valence-electron chi connectivity index (χ1n) is 6.10. The van der Waals surface area contributed by atoms with Crippen LogP contribution in [0.4, 0.5) is 0 Å². The minimum absolute atomic E-state index is 0.126. The molecule has 2 rings (SSSR count). The van der Waals surface area contributed by atoms with E-state index in [2.05, 4.69) is 12.2 Å². The van der Waals surface area contributed by atoms with Crippen LogP contribution in [0.25, 0.3) is 0 Å². The molecule has 16 heavy (non-hydrogen) atoms. The number of hydrogen-bond acceptors (Lipinski definition) is 3. The van der Waals surface area contributed by atoms with Crippen molar-refractivity contribution in [3.8, 4) is 0 Å². The Balaban J connectivity index is 1.97. The Morgan fingerprint density at radius 2 is 2.25 bits per heavy atom. The third kappa shape index (κ3) is 1.96. The lowest BCUT2D eigenvalue weighted by Gasteiger charge is -2.45. The molecule has 4 nitrogen and oxygen atoms in total. The molecule has 0 aromatic carbocycles. The third-order valence-electron chi connectivity index (χ3n) is 3.98. The molecule has 1 amide bonds. The highest BCUT2D eigenvalue weighted by molar-refractivity contribution is 5.84. The molecule has 1 unspecified atom stereocenters. The zero-order chi connectivity index (χ0) is 11.8. The summed E-state index contributed by atoms with van der Waals surface area (Å²) in [6, 6.07) is 0. The van der Waals surface area contributed by atoms with Gasteiger partial charge in [-0.25, -0.2) is 0 Å². The van der Waals surface area contributed by atoms with Gasteiger partial charge in [-0.2, -0.15) is 0 Å². The van der Waals surface area contributed by atoms with Gasteiger partial charge in [0.2, 0.25) is 5.91 Å². The van der Waals surface area contributed by atoms with Gasteiger partial charge >= 0.3 is 0 Å². The Labute approximate surface area is 96.9 Å². The topological polar surface area (TPSA) is 64.4 Å². The first-order valence-corrected chi connectivity index (χ1v) is 6.10. The van der Waals surface area contributed by atoms with Crippen molar-refractivity contribution in [3.63, 3.8) is 0 Å². The SMILES string of the molecule is CC1CC(CN)(C(=O)NC2(C)CCOC2)C1. The largest absolute Gasteiger partial charge is 0.379 e. The highest BCUT2D eigenvalue weighted by atomic mass is 16.5. The van der Waals surface area contributed by atoms with Crippen molar-refractivity contribution >= 4 is 5.91 Å². The zero-order valence-corrected chi connectivity index (χ0v) is 10.2. The predicted octanol–water partition coefficient (Wildman–Crippen LogP) is 0.657. The number of ether oxygens (including phenoxy) is 1. The van der Waals surface area contributed by atoms with Crippen molar-refractivity contribution in [3.05, 3.63) is 0 Å². The van der Waals surface area contributed by atoms with E-state index in [1.807, 2.05) is 6.92 Å². The predicted molar refractivity (Wildman–Crippen MR) is 61.9 cm³/mol. The molecule has 1 heterocycles. The van der Waals surface area contributed by atoms with Crippen molar-refractivity contribution in [1.29, 1.82) is 0 Å². The summed E-state index contributed by atoms with van der Waals surface area (Å²) in [5.74, 6) is 0.753. The van der Waals surface area contributed by atoms with Gasteiger partial charge in [0.05, 0.1) is 17.6 Å². The Morgan fingerprint density at radius 3 is 2.69 bits per heavy atom. The number of rotatable bonds is 3. The molecule has 3 N–H and O–H groups in total. The number of nitrogens with two attached hydrogens (primary N) is 1. The number of nitrogens with one attached hydrogen (secondary N) is 1. The van der Waals surface area contributed by atoms with Crippen molar-refractivity contribution in [1.82, 2.24) is 5.32 Å². The minimum atomic E-state index is -0.301. The van der Waals surface area contributed by atoms with Gasteiger partial charge in [-0.1, -0.05) is 6.92 Å². The molecule has 92 valence electrons. The average Bonchev–Trinajstić information content (AvgIpc) is 2.59. The molecule has 0 bridgehead atoms. The molecule has 0 aromatic heterocycles. The van der Waals surface area contributed by atoms with Crippen LogP contribution in [0.2, 0.25) is 0 Å². The van der Waals surface area contributed by atoms with Crippen molar-refractivity contribution in [2.24, 2.45) is 17.1 Å². The number of carbonyl (C=O) groups excluding carboxylic acids is 1. The summed E-state index contributed by atoms with van der Waals surface area (Å²) in [5, 5.41) is 3.13. The van der Waals surface area contributed by atoms with Crippen LogP contribution >= 0.6 is 0 Å². The van der Waals surface area contributed by atoms with Gasteiger partial charge < -0.3 is 15.8 Å². The molecule has 1 saturated heterocycles. The van der Waals surface area contributed by atoms with E-state index in [0.29, 0.717) is 19.1 Å². The number of amides is 1. The molecule has 1 atom stereocenters. The van der Waals surface area contributed by atoms with Crippen LogP contribution in [0.1, 0.15) is 33.1 Å². The van der Waals surface area contributed by atoms with E-state index in [9.17, 15) is 4.79 Å². The second kappa shape index (κ2) is 4.00. The summed E-state index contributed by atoms with van der Waals surface area (Å²) in [6.07, 6.45) is 2.74. The lowest BCUT2D eigenvalue weighted by molar-refractivity contribution is -0.140. The van der Waals surface area contributed by atoms with Crippen LogP contribution in [0.3, 0.4) is 0 Å². The maximum absolute atomic E-state index is 12.2. The summed E-state index contributed by atoms with van der Waals surface area (Å²) < 4.78 is 5.33. The molecule has 1 aliphatic carbocycles.